The molecule has 1 unspecified atom stereocenters. The Balaban J connectivity index is 0.00000121. The zero-order chi connectivity index (χ0) is 16.2. The van der Waals surface area contributed by atoms with Crippen molar-refractivity contribution in [1.82, 2.24) is 0 Å². The van der Waals surface area contributed by atoms with Crippen LogP contribution in [0, 0.1) is 0 Å². The molecule has 1 nitrogen and oxygen atoms in total. The monoisotopic (exact) mass is 370 g/mol. The van der Waals surface area contributed by atoms with Crippen molar-refractivity contribution in [1.29, 1.82) is 0 Å². The second-order valence-corrected chi connectivity index (χ2v) is 10.0. The first-order valence-electron chi connectivity index (χ1n) is 8.72. The summed E-state index contributed by atoms with van der Waals surface area (Å²) in [5, 5.41) is 2.77. The van der Waals surface area contributed by atoms with Gasteiger partial charge >= 0.3 is 51.4 Å². The van der Waals surface area contributed by atoms with Crippen LogP contribution in [0.5, 0.6) is 0 Å². The van der Waals surface area contributed by atoms with Crippen molar-refractivity contribution in [2.75, 3.05) is 0 Å². The van der Waals surface area contributed by atoms with Crippen LogP contribution >= 0.6 is 0 Å². The maximum absolute atomic E-state index is 6.97. The van der Waals surface area contributed by atoms with Crippen LogP contribution in [0.3, 0.4) is 0 Å². The molecule has 4 rings (SSSR count). The Labute approximate surface area is 195 Å². The fourth-order valence-corrected chi connectivity index (χ4v) is 8.01. The van der Waals surface area contributed by atoms with Crippen LogP contribution < -0.4 is 61.8 Å². The average molecular weight is 371 g/mol. The fraction of sp³-hybridized carbons (Fsp3) is 0.182. The minimum Gasteiger partial charge on any atom is -1.00 e. The molecule has 0 spiro atoms. The van der Waals surface area contributed by atoms with Gasteiger partial charge in [-0.2, -0.15) is 0 Å². The van der Waals surface area contributed by atoms with Crippen LogP contribution in [0.1, 0.15) is 25.9 Å². The summed E-state index contributed by atoms with van der Waals surface area (Å²) in [6.07, 6.45) is 2.53. The molecule has 0 N–H and O–H groups in total. The smallest absolute Gasteiger partial charge is 1.00 e. The molecule has 1 aliphatic rings. The van der Waals surface area contributed by atoms with E-state index in [2.05, 4.69) is 91.0 Å². The van der Waals surface area contributed by atoms with Crippen molar-refractivity contribution in [2.24, 2.45) is 0 Å². The summed E-state index contributed by atoms with van der Waals surface area (Å²) in [5.41, 5.74) is 1.31. The Morgan fingerprint density at radius 1 is 0.720 bits per heavy atom. The molecule has 25 heavy (non-hydrogen) atoms. The number of hydrogen-bond acceptors (Lipinski definition) is 1. The van der Waals surface area contributed by atoms with E-state index in [4.69, 9.17) is 4.43 Å². The van der Waals surface area contributed by atoms with Gasteiger partial charge in [-0.1, -0.05) is 97.4 Å². The van der Waals surface area contributed by atoms with E-state index >= 15 is 0 Å². The molecule has 3 aromatic rings. The van der Waals surface area contributed by atoms with Gasteiger partial charge in [-0.05, 0) is 28.4 Å². The Bertz CT molecular complexity index is 744. The van der Waals surface area contributed by atoms with E-state index in [1.165, 1.54) is 22.4 Å². The molecule has 0 amide bonds. The van der Waals surface area contributed by atoms with E-state index in [9.17, 15) is 0 Å². The van der Waals surface area contributed by atoms with Gasteiger partial charge in [-0.3, -0.25) is 0 Å². The Kier molecular flexibility index (Phi) is 6.86. The summed E-state index contributed by atoms with van der Waals surface area (Å²) in [6.45, 7) is 0. The van der Waals surface area contributed by atoms with E-state index in [1.807, 2.05) is 0 Å². The summed E-state index contributed by atoms with van der Waals surface area (Å²) in [6, 6.07) is 33.6. The van der Waals surface area contributed by atoms with E-state index < -0.39 is 8.32 Å². The van der Waals surface area contributed by atoms with Crippen LogP contribution in [-0.4, -0.2) is 8.32 Å². The summed E-state index contributed by atoms with van der Waals surface area (Å²) >= 11 is 0. The fourth-order valence-electron chi connectivity index (χ4n) is 3.81. The Morgan fingerprint density at radius 3 is 1.72 bits per heavy atom. The van der Waals surface area contributed by atoms with Gasteiger partial charge in [0.15, 0.2) is 0 Å². The number of rotatable bonds is 3. The van der Waals surface area contributed by atoms with Crippen LogP contribution in [0.4, 0.5) is 0 Å². The van der Waals surface area contributed by atoms with Gasteiger partial charge in [0.25, 0.3) is 8.32 Å². The predicted octanol–water partition coefficient (Wildman–Crippen LogP) is 1.41. The zero-order valence-corrected chi connectivity index (χ0v) is 18.9. The number of hydrogen-bond donors (Lipinski definition) is 0. The molecule has 3 aromatic carbocycles. The molecule has 1 atom stereocenters. The van der Waals surface area contributed by atoms with Gasteiger partial charge in [0.05, 0.1) is 6.10 Å². The topological polar surface area (TPSA) is 9.23 Å². The van der Waals surface area contributed by atoms with Crippen LogP contribution in [-0.2, 0) is 4.43 Å². The van der Waals surface area contributed by atoms with Crippen molar-refractivity contribution in [3.05, 3.63) is 96.6 Å². The Hall–Kier alpha value is -0.527. The van der Waals surface area contributed by atoms with E-state index in [0.29, 0.717) is 0 Å². The van der Waals surface area contributed by atoms with Gasteiger partial charge in [0.1, 0.15) is 0 Å². The Morgan fingerprint density at radius 2 is 1.20 bits per heavy atom. The molecule has 1 aliphatic heterocycles. The molecular weight excluding hydrogens is 347 g/mol. The quantitative estimate of drug-likeness (QED) is 0.634. The molecule has 0 aromatic heterocycles. The first-order valence-corrected chi connectivity index (χ1v) is 10.8. The summed E-state index contributed by atoms with van der Waals surface area (Å²) in [5.74, 6) is 0. The van der Waals surface area contributed by atoms with E-state index in [0.717, 1.165) is 12.5 Å². The molecule has 0 radical (unpaired) electrons. The van der Waals surface area contributed by atoms with Crippen LogP contribution in [0.25, 0.3) is 0 Å². The molecular formula is C22H23KOSi. The van der Waals surface area contributed by atoms with E-state index in [-0.39, 0.29) is 58.9 Å². The minimum atomic E-state index is -2.18. The van der Waals surface area contributed by atoms with Gasteiger partial charge in [0, 0.05) is 0 Å². The predicted molar refractivity (Wildman–Crippen MR) is 103 cm³/mol. The third-order valence-corrected chi connectivity index (χ3v) is 9.27. The maximum Gasteiger partial charge on any atom is 1.00 e. The van der Waals surface area contributed by atoms with Gasteiger partial charge in [-0.15, -0.1) is 0 Å². The van der Waals surface area contributed by atoms with Crippen molar-refractivity contribution in [3.8, 4) is 0 Å². The van der Waals surface area contributed by atoms with Crippen LogP contribution in [0.2, 0.25) is 6.04 Å². The third-order valence-electron chi connectivity index (χ3n) is 4.99. The second kappa shape index (κ2) is 8.91. The molecule has 122 valence electrons. The van der Waals surface area contributed by atoms with Crippen molar-refractivity contribution < 1.29 is 57.2 Å². The summed E-state index contributed by atoms with van der Waals surface area (Å²) in [7, 11) is -2.18. The molecule has 0 bridgehead atoms. The molecule has 1 heterocycles. The maximum atomic E-state index is 6.97. The average Bonchev–Trinajstić information content (AvgIpc) is 2.70. The largest absolute Gasteiger partial charge is 1.00 e. The first-order chi connectivity index (χ1) is 11.9. The van der Waals surface area contributed by atoms with Crippen molar-refractivity contribution in [3.63, 3.8) is 0 Å². The van der Waals surface area contributed by atoms with Crippen molar-refractivity contribution >= 4 is 18.7 Å². The van der Waals surface area contributed by atoms with E-state index in [1.54, 1.807) is 0 Å². The molecule has 0 saturated carbocycles. The SMILES string of the molecule is [H-].[K+].c1ccc(C2CCC[Si](c3ccccc3)(c3ccccc3)O2)cc1. The third kappa shape index (κ3) is 4.09. The van der Waals surface area contributed by atoms with Gasteiger partial charge in [0.2, 0.25) is 0 Å². The summed E-state index contributed by atoms with van der Waals surface area (Å²) in [4.78, 5) is 0. The second-order valence-electron chi connectivity index (χ2n) is 6.47. The number of benzene rings is 3. The summed E-state index contributed by atoms with van der Waals surface area (Å²) < 4.78 is 6.97. The zero-order valence-electron chi connectivity index (χ0n) is 15.8. The van der Waals surface area contributed by atoms with Gasteiger partial charge < -0.3 is 5.85 Å². The first kappa shape index (κ1) is 19.2. The molecule has 1 saturated heterocycles. The van der Waals surface area contributed by atoms with Crippen LogP contribution in [0.15, 0.2) is 91.0 Å². The van der Waals surface area contributed by atoms with Gasteiger partial charge in [-0.25, -0.2) is 0 Å². The normalized spacial score (nSPS) is 19.0. The minimum absolute atomic E-state index is 0. The molecule has 3 heteroatoms. The molecule has 0 aliphatic carbocycles. The standard InChI is InChI=1S/C22H22OSi.K.H/c1-4-11-19(12-5-1)22-17-10-18-24(23-22,20-13-6-2-7-14-20)21-15-8-3-9-16-21;;/h1-9,11-16,22H,10,17-18H2;;/q;+1;-1. The molecule has 1 fully saturated rings. The van der Waals surface area contributed by atoms with Crippen molar-refractivity contribution in [2.45, 2.75) is 25.0 Å².